The van der Waals surface area contributed by atoms with Gasteiger partial charge in [-0.15, -0.1) is 0 Å². The molecule has 0 amide bonds. The molecule has 0 N–H and O–H groups in total. The SMILES string of the molecule is C[C@@H]1CN(CC2CCCCCC2)C[C@@H](C)O1. The summed E-state index contributed by atoms with van der Waals surface area (Å²) < 4.78 is 5.79. The number of nitrogens with zero attached hydrogens (tertiary/aromatic N) is 1. The highest BCUT2D eigenvalue weighted by Gasteiger charge is 2.24. The van der Waals surface area contributed by atoms with E-state index >= 15 is 0 Å². The van der Waals surface area contributed by atoms with Gasteiger partial charge < -0.3 is 4.74 Å². The van der Waals surface area contributed by atoms with Gasteiger partial charge in [-0.2, -0.15) is 0 Å². The number of ether oxygens (including phenoxy) is 1. The molecule has 0 aromatic heterocycles. The van der Waals surface area contributed by atoms with Crippen LogP contribution in [0.4, 0.5) is 0 Å². The van der Waals surface area contributed by atoms with Gasteiger partial charge in [0.2, 0.25) is 0 Å². The molecule has 2 aliphatic rings. The van der Waals surface area contributed by atoms with Crippen LogP contribution in [-0.4, -0.2) is 36.7 Å². The minimum absolute atomic E-state index is 0.425. The van der Waals surface area contributed by atoms with Gasteiger partial charge in [-0.3, -0.25) is 4.90 Å². The van der Waals surface area contributed by atoms with E-state index in [0.29, 0.717) is 12.2 Å². The molecule has 2 nitrogen and oxygen atoms in total. The van der Waals surface area contributed by atoms with Crippen molar-refractivity contribution in [1.29, 1.82) is 0 Å². The Kier molecular flexibility index (Phi) is 4.66. The summed E-state index contributed by atoms with van der Waals surface area (Å²) in [5.41, 5.74) is 0. The molecule has 16 heavy (non-hydrogen) atoms. The fourth-order valence-electron chi connectivity index (χ4n) is 3.35. The van der Waals surface area contributed by atoms with Crippen LogP contribution in [0.1, 0.15) is 52.4 Å². The lowest BCUT2D eigenvalue weighted by molar-refractivity contribution is -0.0718. The van der Waals surface area contributed by atoms with Crippen molar-refractivity contribution in [3.8, 4) is 0 Å². The maximum atomic E-state index is 5.79. The molecule has 0 bridgehead atoms. The Bertz CT molecular complexity index is 189. The molecule has 0 aromatic carbocycles. The van der Waals surface area contributed by atoms with E-state index in [9.17, 15) is 0 Å². The quantitative estimate of drug-likeness (QED) is 0.670. The molecule has 1 aliphatic carbocycles. The second-order valence-electron chi connectivity index (χ2n) is 5.83. The normalized spacial score (nSPS) is 34.9. The lowest BCUT2D eigenvalue weighted by Gasteiger charge is -2.37. The fraction of sp³-hybridized carbons (Fsp3) is 1.00. The molecule has 2 rings (SSSR count). The molecule has 1 heterocycles. The van der Waals surface area contributed by atoms with E-state index in [0.717, 1.165) is 19.0 Å². The number of morpholine rings is 1. The standard InChI is InChI=1S/C14H27NO/c1-12-9-15(10-13(2)16-12)11-14-7-5-3-4-6-8-14/h12-14H,3-11H2,1-2H3/t12-,13-/m1/s1. The molecule has 2 atom stereocenters. The van der Waals surface area contributed by atoms with E-state index in [1.54, 1.807) is 0 Å². The van der Waals surface area contributed by atoms with Crippen molar-refractivity contribution < 1.29 is 4.74 Å². The first-order valence-corrected chi connectivity index (χ1v) is 7.12. The van der Waals surface area contributed by atoms with E-state index in [2.05, 4.69) is 18.7 Å². The summed E-state index contributed by atoms with van der Waals surface area (Å²) in [6.07, 6.45) is 9.61. The molecule has 0 spiro atoms. The van der Waals surface area contributed by atoms with Crippen LogP contribution in [0.25, 0.3) is 0 Å². The van der Waals surface area contributed by atoms with Gasteiger partial charge in [-0.05, 0) is 32.6 Å². The van der Waals surface area contributed by atoms with Crippen molar-refractivity contribution in [1.82, 2.24) is 4.90 Å². The molecule has 0 radical (unpaired) electrons. The highest BCUT2D eigenvalue weighted by atomic mass is 16.5. The minimum atomic E-state index is 0.425. The summed E-state index contributed by atoms with van der Waals surface area (Å²) >= 11 is 0. The van der Waals surface area contributed by atoms with Crippen molar-refractivity contribution in [2.75, 3.05) is 19.6 Å². The van der Waals surface area contributed by atoms with Crippen LogP contribution in [0.3, 0.4) is 0 Å². The summed E-state index contributed by atoms with van der Waals surface area (Å²) in [6, 6.07) is 0. The van der Waals surface area contributed by atoms with Crippen LogP contribution in [0, 0.1) is 5.92 Å². The smallest absolute Gasteiger partial charge is 0.0678 e. The van der Waals surface area contributed by atoms with Crippen molar-refractivity contribution in [3.05, 3.63) is 0 Å². The second kappa shape index (κ2) is 6.02. The zero-order valence-corrected chi connectivity index (χ0v) is 11.0. The monoisotopic (exact) mass is 225 g/mol. The molecule has 0 unspecified atom stereocenters. The maximum absolute atomic E-state index is 5.79. The Hall–Kier alpha value is -0.0800. The van der Waals surface area contributed by atoms with E-state index in [1.807, 2.05) is 0 Å². The summed E-state index contributed by atoms with van der Waals surface area (Å²) in [7, 11) is 0. The maximum Gasteiger partial charge on any atom is 0.0678 e. The van der Waals surface area contributed by atoms with Crippen molar-refractivity contribution in [2.24, 2.45) is 5.92 Å². The molecule has 2 fully saturated rings. The van der Waals surface area contributed by atoms with E-state index < -0.39 is 0 Å². The second-order valence-corrected chi connectivity index (χ2v) is 5.83. The van der Waals surface area contributed by atoms with Crippen LogP contribution in [0.15, 0.2) is 0 Å². The van der Waals surface area contributed by atoms with Crippen molar-refractivity contribution in [2.45, 2.75) is 64.6 Å². The molecular weight excluding hydrogens is 198 g/mol. The van der Waals surface area contributed by atoms with Gasteiger partial charge in [0.05, 0.1) is 12.2 Å². The van der Waals surface area contributed by atoms with Gasteiger partial charge in [-0.25, -0.2) is 0 Å². The third kappa shape index (κ3) is 3.74. The van der Waals surface area contributed by atoms with Gasteiger partial charge in [0.1, 0.15) is 0 Å². The Labute approximate surface area is 100 Å². The van der Waals surface area contributed by atoms with Gasteiger partial charge >= 0.3 is 0 Å². The molecule has 1 aliphatic heterocycles. The van der Waals surface area contributed by atoms with Crippen LogP contribution < -0.4 is 0 Å². The number of hydrogen-bond acceptors (Lipinski definition) is 2. The van der Waals surface area contributed by atoms with Gasteiger partial charge in [-0.1, -0.05) is 25.7 Å². The third-order valence-electron chi connectivity index (χ3n) is 3.99. The van der Waals surface area contributed by atoms with Crippen LogP contribution in [0.2, 0.25) is 0 Å². The Balaban J connectivity index is 1.78. The predicted octanol–water partition coefficient (Wildman–Crippen LogP) is 3.07. The molecule has 94 valence electrons. The Morgan fingerprint density at radius 2 is 1.50 bits per heavy atom. The van der Waals surface area contributed by atoms with Crippen LogP contribution >= 0.6 is 0 Å². The molecular formula is C14H27NO. The zero-order chi connectivity index (χ0) is 11.4. The average Bonchev–Trinajstić information content (AvgIpc) is 2.44. The molecule has 2 heteroatoms. The third-order valence-corrected chi connectivity index (χ3v) is 3.99. The van der Waals surface area contributed by atoms with E-state index in [1.165, 1.54) is 45.1 Å². The fourth-order valence-corrected chi connectivity index (χ4v) is 3.35. The molecule has 1 saturated heterocycles. The summed E-state index contributed by atoms with van der Waals surface area (Å²) in [5.74, 6) is 0.958. The van der Waals surface area contributed by atoms with Gasteiger partial charge in [0, 0.05) is 19.6 Å². The first-order valence-electron chi connectivity index (χ1n) is 7.12. The van der Waals surface area contributed by atoms with Gasteiger partial charge in [0.25, 0.3) is 0 Å². The average molecular weight is 225 g/mol. The molecule has 1 saturated carbocycles. The summed E-state index contributed by atoms with van der Waals surface area (Å²) in [6.45, 7) is 8.01. The minimum Gasteiger partial charge on any atom is -0.373 e. The van der Waals surface area contributed by atoms with E-state index in [4.69, 9.17) is 4.74 Å². The van der Waals surface area contributed by atoms with E-state index in [-0.39, 0.29) is 0 Å². The van der Waals surface area contributed by atoms with Crippen LogP contribution in [-0.2, 0) is 4.74 Å². The van der Waals surface area contributed by atoms with Crippen molar-refractivity contribution in [3.63, 3.8) is 0 Å². The Morgan fingerprint density at radius 1 is 0.938 bits per heavy atom. The zero-order valence-electron chi connectivity index (χ0n) is 11.0. The number of hydrogen-bond donors (Lipinski definition) is 0. The predicted molar refractivity (Wildman–Crippen MR) is 67.6 cm³/mol. The van der Waals surface area contributed by atoms with Crippen molar-refractivity contribution >= 4 is 0 Å². The topological polar surface area (TPSA) is 12.5 Å². The molecule has 0 aromatic rings. The summed E-state index contributed by atoms with van der Waals surface area (Å²) in [5, 5.41) is 0. The first-order chi connectivity index (χ1) is 7.74. The number of rotatable bonds is 2. The summed E-state index contributed by atoms with van der Waals surface area (Å²) in [4.78, 5) is 2.63. The lowest BCUT2D eigenvalue weighted by Crippen LogP contribution is -2.47. The highest BCUT2D eigenvalue weighted by molar-refractivity contribution is 4.76. The van der Waals surface area contributed by atoms with Crippen LogP contribution in [0.5, 0.6) is 0 Å². The highest BCUT2D eigenvalue weighted by Crippen LogP contribution is 2.24. The lowest BCUT2D eigenvalue weighted by atomic mass is 9.99. The Morgan fingerprint density at radius 3 is 2.06 bits per heavy atom. The largest absolute Gasteiger partial charge is 0.373 e. The first kappa shape index (κ1) is 12.4. The van der Waals surface area contributed by atoms with Gasteiger partial charge in [0.15, 0.2) is 0 Å².